The van der Waals surface area contributed by atoms with E-state index in [9.17, 15) is 14.0 Å². The number of benzene rings is 3. The molecule has 2 aliphatic heterocycles. The summed E-state index contributed by atoms with van der Waals surface area (Å²) in [5, 5.41) is 2.66. The lowest BCUT2D eigenvalue weighted by Crippen LogP contribution is -2.37. The van der Waals surface area contributed by atoms with Gasteiger partial charge in [0, 0.05) is 10.9 Å². The summed E-state index contributed by atoms with van der Waals surface area (Å²) in [6, 6.07) is 23.2. The lowest BCUT2D eigenvalue weighted by atomic mass is 9.90. The standard InChI is InChI=1S/C26H17ClFN3O3/c27-24-19(14-15-6-4-5-9-20(15)29-24)22-21-23(34-31(22)18-7-2-1-3-8-18)26(33)30(25(21)32)17-12-10-16(28)11-13-17/h1-14,21-23H/t21-,22-,23-/m0/s1. The number of hydrogen-bond acceptors (Lipinski definition) is 5. The number of aromatic nitrogens is 1. The number of para-hydroxylation sites is 2. The van der Waals surface area contributed by atoms with E-state index in [4.69, 9.17) is 16.4 Å². The molecule has 2 saturated heterocycles. The summed E-state index contributed by atoms with van der Waals surface area (Å²) < 4.78 is 13.5. The van der Waals surface area contributed by atoms with Crippen LogP contribution < -0.4 is 9.96 Å². The van der Waals surface area contributed by atoms with E-state index in [1.165, 1.54) is 24.3 Å². The molecule has 2 aliphatic rings. The third-order valence-electron chi connectivity index (χ3n) is 6.23. The highest BCUT2D eigenvalue weighted by Gasteiger charge is 2.60. The van der Waals surface area contributed by atoms with Crippen LogP contribution in [0.15, 0.2) is 84.9 Å². The van der Waals surface area contributed by atoms with Crippen molar-refractivity contribution < 1.29 is 18.8 Å². The summed E-state index contributed by atoms with van der Waals surface area (Å²) in [7, 11) is 0. The summed E-state index contributed by atoms with van der Waals surface area (Å²) in [5.74, 6) is -2.26. The fourth-order valence-corrected chi connectivity index (χ4v) is 4.95. The SMILES string of the molecule is O=C1[C@@H]2[C@H](ON(c3ccccc3)[C@H]2c2cc3ccccc3nc2Cl)C(=O)N1c1ccc(F)cc1. The topological polar surface area (TPSA) is 62.7 Å². The van der Waals surface area contributed by atoms with Gasteiger partial charge in [-0.05, 0) is 48.5 Å². The second-order valence-corrected chi connectivity index (χ2v) is 8.57. The number of hydroxylamine groups is 1. The van der Waals surface area contributed by atoms with E-state index in [-0.39, 0.29) is 5.15 Å². The number of halogens is 2. The number of fused-ring (bicyclic) bond motifs is 2. The van der Waals surface area contributed by atoms with Gasteiger partial charge in [0.1, 0.15) is 16.9 Å². The third kappa shape index (κ3) is 3.16. The molecule has 6 rings (SSSR count). The zero-order valence-corrected chi connectivity index (χ0v) is 18.4. The summed E-state index contributed by atoms with van der Waals surface area (Å²) in [6.07, 6.45) is -1.05. The first-order chi connectivity index (χ1) is 16.5. The number of pyridine rings is 1. The molecule has 0 saturated carbocycles. The fraction of sp³-hybridized carbons (Fsp3) is 0.115. The van der Waals surface area contributed by atoms with Gasteiger partial charge in [0.2, 0.25) is 5.91 Å². The Labute approximate surface area is 199 Å². The van der Waals surface area contributed by atoms with E-state index in [0.717, 1.165) is 15.8 Å². The molecular weight excluding hydrogens is 457 g/mol. The minimum Gasteiger partial charge on any atom is -0.273 e. The van der Waals surface area contributed by atoms with E-state index in [1.807, 2.05) is 60.7 Å². The quantitative estimate of drug-likeness (QED) is 0.307. The highest BCUT2D eigenvalue weighted by Crippen LogP contribution is 2.49. The first kappa shape index (κ1) is 20.8. The maximum Gasteiger partial charge on any atom is 0.266 e. The van der Waals surface area contributed by atoms with Crippen molar-refractivity contribution in [1.82, 2.24) is 4.98 Å². The Morgan fingerprint density at radius 3 is 2.32 bits per heavy atom. The first-order valence-corrected chi connectivity index (χ1v) is 11.1. The van der Waals surface area contributed by atoms with Crippen LogP contribution >= 0.6 is 11.6 Å². The Morgan fingerprint density at radius 2 is 1.56 bits per heavy atom. The molecule has 34 heavy (non-hydrogen) atoms. The van der Waals surface area contributed by atoms with Crippen LogP contribution in [0.1, 0.15) is 11.6 Å². The molecule has 2 fully saturated rings. The Balaban J connectivity index is 1.49. The van der Waals surface area contributed by atoms with Crippen molar-refractivity contribution in [3.63, 3.8) is 0 Å². The van der Waals surface area contributed by atoms with Gasteiger partial charge < -0.3 is 0 Å². The highest BCUT2D eigenvalue weighted by molar-refractivity contribution is 6.31. The van der Waals surface area contributed by atoms with Crippen LogP contribution in [0.4, 0.5) is 15.8 Å². The molecule has 8 heteroatoms. The van der Waals surface area contributed by atoms with Gasteiger partial charge in [-0.15, -0.1) is 0 Å². The normalized spacial score (nSPS) is 22.0. The van der Waals surface area contributed by atoms with Gasteiger partial charge in [-0.25, -0.2) is 19.3 Å². The summed E-state index contributed by atoms with van der Waals surface area (Å²) in [4.78, 5) is 38.7. The smallest absolute Gasteiger partial charge is 0.266 e. The predicted octanol–water partition coefficient (Wildman–Crippen LogP) is 5.08. The second kappa shape index (κ2) is 7.90. The Morgan fingerprint density at radius 1 is 0.853 bits per heavy atom. The number of anilines is 2. The maximum atomic E-state index is 13.7. The van der Waals surface area contributed by atoms with Crippen molar-refractivity contribution in [2.45, 2.75) is 12.1 Å². The summed E-state index contributed by atoms with van der Waals surface area (Å²) in [5.41, 5.74) is 2.28. The van der Waals surface area contributed by atoms with Crippen LogP contribution in [0.5, 0.6) is 0 Å². The van der Waals surface area contributed by atoms with Crippen LogP contribution in [0, 0.1) is 11.7 Å². The summed E-state index contributed by atoms with van der Waals surface area (Å²) in [6.45, 7) is 0. The minimum atomic E-state index is -1.05. The first-order valence-electron chi connectivity index (χ1n) is 10.7. The molecule has 0 aliphatic carbocycles. The van der Waals surface area contributed by atoms with Gasteiger partial charge >= 0.3 is 0 Å². The van der Waals surface area contributed by atoms with Crippen molar-refractivity contribution in [3.05, 3.63) is 101 Å². The molecule has 4 aromatic rings. The average Bonchev–Trinajstić information content (AvgIpc) is 3.36. The number of hydrogen-bond donors (Lipinski definition) is 0. The van der Waals surface area contributed by atoms with E-state index < -0.39 is 35.7 Å². The second-order valence-electron chi connectivity index (χ2n) is 8.21. The molecule has 3 heterocycles. The monoisotopic (exact) mass is 473 g/mol. The molecule has 3 aromatic carbocycles. The number of carbonyl (C=O) groups is 2. The average molecular weight is 474 g/mol. The van der Waals surface area contributed by atoms with Crippen LogP contribution in [-0.2, 0) is 14.4 Å². The Hall–Kier alpha value is -3.81. The van der Waals surface area contributed by atoms with Gasteiger partial charge in [-0.2, -0.15) is 0 Å². The lowest BCUT2D eigenvalue weighted by Gasteiger charge is -2.29. The van der Waals surface area contributed by atoms with Crippen LogP contribution in [0.3, 0.4) is 0 Å². The third-order valence-corrected chi connectivity index (χ3v) is 6.54. The number of rotatable bonds is 3. The maximum absolute atomic E-state index is 13.7. The lowest BCUT2D eigenvalue weighted by molar-refractivity contribution is -0.126. The molecule has 0 N–H and O–H groups in total. The zero-order valence-electron chi connectivity index (χ0n) is 17.6. The number of amides is 2. The van der Waals surface area contributed by atoms with E-state index in [1.54, 1.807) is 5.06 Å². The Kier molecular flexibility index (Phi) is 4.83. The summed E-state index contributed by atoms with van der Waals surface area (Å²) >= 11 is 6.64. The number of imide groups is 1. The molecule has 3 atom stereocenters. The van der Waals surface area contributed by atoms with Gasteiger partial charge in [-0.3, -0.25) is 14.4 Å². The molecule has 1 aromatic heterocycles. The predicted molar refractivity (Wildman–Crippen MR) is 126 cm³/mol. The molecule has 168 valence electrons. The Bertz CT molecular complexity index is 1430. The largest absolute Gasteiger partial charge is 0.273 e. The van der Waals surface area contributed by atoms with Crippen molar-refractivity contribution >= 4 is 45.7 Å². The number of carbonyl (C=O) groups excluding carboxylic acids is 2. The fourth-order valence-electron chi connectivity index (χ4n) is 4.69. The van der Waals surface area contributed by atoms with Crippen LogP contribution in [0.2, 0.25) is 5.15 Å². The number of nitrogens with zero attached hydrogens (tertiary/aromatic N) is 3. The van der Waals surface area contributed by atoms with E-state index in [2.05, 4.69) is 4.98 Å². The van der Waals surface area contributed by atoms with Crippen LogP contribution in [-0.4, -0.2) is 22.9 Å². The minimum absolute atomic E-state index is 0.231. The molecule has 0 bridgehead atoms. The molecule has 0 unspecified atom stereocenters. The molecule has 0 spiro atoms. The highest BCUT2D eigenvalue weighted by atomic mass is 35.5. The van der Waals surface area contributed by atoms with Gasteiger partial charge in [0.05, 0.1) is 22.9 Å². The van der Waals surface area contributed by atoms with Crippen molar-refractivity contribution in [1.29, 1.82) is 0 Å². The molecule has 2 amide bonds. The zero-order chi connectivity index (χ0) is 23.4. The van der Waals surface area contributed by atoms with E-state index >= 15 is 0 Å². The van der Waals surface area contributed by atoms with Crippen molar-refractivity contribution in [2.24, 2.45) is 5.92 Å². The molecule has 0 radical (unpaired) electrons. The van der Waals surface area contributed by atoms with Crippen molar-refractivity contribution in [3.8, 4) is 0 Å². The van der Waals surface area contributed by atoms with E-state index in [0.29, 0.717) is 16.9 Å². The molecule has 6 nitrogen and oxygen atoms in total. The van der Waals surface area contributed by atoms with Gasteiger partial charge in [-0.1, -0.05) is 48.0 Å². The van der Waals surface area contributed by atoms with Crippen LogP contribution in [0.25, 0.3) is 10.9 Å². The van der Waals surface area contributed by atoms with Crippen molar-refractivity contribution in [2.75, 3.05) is 9.96 Å². The van der Waals surface area contributed by atoms with Gasteiger partial charge in [0.25, 0.3) is 5.91 Å². The van der Waals surface area contributed by atoms with Gasteiger partial charge in [0.15, 0.2) is 6.10 Å². The molecular formula is C26H17ClFN3O3.